The maximum Gasteiger partial charge on any atom is 0.422 e. The lowest BCUT2D eigenvalue weighted by Gasteiger charge is -2.15. The number of halogens is 6. The summed E-state index contributed by atoms with van der Waals surface area (Å²) in [7, 11) is 1.57. The molecule has 4 rings (SSSR count). The number of fused-ring (bicyclic) bond motifs is 1. The van der Waals surface area contributed by atoms with Gasteiger partial charge in [-0.1, -0.05) is 39.0 Å². The molecule has 1 aromatic carbocycles. The fourth-order valence-corrected chi connectivity index (χ4v) is 3.87. The van der Waals surface area contributed by atoms with E-state index in [0.29, 0.717) is 5.69 Å². The summed E-state index contributed by atoms with van der Waals surface area (Å²) in [6, 6.07) is 7.85. The fourth-order valence-electron chi connectivity index (χ4n) is 3.87. The van der Waals surface area contributed by atoms with Gasteiger partial charge in [0.2, 0.25) is 5.88 Å². The van der Waals surface area contributed by atoms with Crippen molar-refractivity contribution in [3.05, 3.63) is 47.2 Å². The zero-order valence-corrected chi connectivity index (χ0v) is 20.0. The third-order valence-electron chi connectivity index (χ3n) is 5.42. The van der Waals surface area contributed by atoms with Crippen LogP contribution in [0.15, 0.2) is 30.3 Å². The normalized spacial score (nSPS) is 12.7. The van der Waals surface area contributed by atoms with E-state index in [1.54, 1.807) is 7.05 Å². The number of alkyl halides is 6. The van der Waals surface area contributed by atoms with E-state index in [1.165, 1.54) is 22.9 Å². The number of pyridine rings is 1. The summed E-state index contributed by atoms with van der Waals surface area (Å²) in [6.07, 6.45) is -9.47. The Balaban J connectivity index is 1.97. The van der Waals surface area contributed by atoms with Crippen molar-refractivity contribution >= 4 is 11.0 Å². The van der Waals surface area contributed by atoms with Crippen LogP contribution in [-0.4, -0.2) is 37.5 Å². The molecule has 0 fully saturated rings. The summed E-state index contributed by atoms with van der Waals surface area (Å²) in [6.45, 7) is 3.85. The number of imidazole rings is 1. The average molecular weight is 522 g/mol. The Labute approximate surface area is 206 Å². The van der Waals surface area contributed by atoms with Crippen LogP contribution in [0.2, 0.25) is 0 Å². The number of benzene rings is 1. The minimum absolute atomic E-state index is 0.00319. The van der Waals surface area contributed by atoms with Crippen LogP contribution in [0.3, 0.4) is 0 Å². The van der Waals surface area contributed by atoms with Crippen molar-refractivity contribution in [3.8, 4) is 34.7 Å². The van der Waals surface area contributed by atoms with Crippen molar-refractivity contribution in [2.45, 2.75) is 38.5 Å². The van der Waals surface area contributed by atoms with E-state index in [2.05, 4.69) is 26.1 Å². The van der Waals surface area contributed by atoms with E-state index in [4.69, 9.17) is 4.74 Å². The van der Waals surface area contributed by atoms with E-state index in [1.807, 2.05) is 20.8 Å². The first-order chi connectivity index (χ1) is 17.1. The molecule has 0 spiro atoms. The molecule has 4 aromatic rings. The molecule has 0 radical (unpaired) electrons. The van der Waals surface area contributed by atoms with Gasteiger partial charge >= 0.3 is 12.4 Å². The van der Waals surface area contributed by atoms with Crippen LogP contribution >= 0.6 is 0 Å². The molecular weight excluding hydrogens is 502 g/mol. The van der Waals surface area contributed by atoms with Gasteiger partial charge in [-0.05, 0) is 12.1 Å². The van der Waals surface area contributed by atoms with Gasteiger partial charge < -0.3 is 9.72 Å². The van der Waals surface area contributed by atoms with Gasteiger partial charge in [0, 0.05) is 18.0 Å². The number of rotatable bonds is 4. The molecule has 0 amide bonds. The lowest BCUT2D eigenvalue weighted by molar-refractivity contribution is -0.153. The molecule has 194 valence electrons. The molecule has 0 aliphatic rings. The Kier molecular flexibility index (Phi) is 6.18. The second kappa shape index (κ2) is 8.79. The molecule has 37 heavy (non-hydrogen) atoms. The van der Waals surface area contributed by atoms with Crippen LogP contribution in [0, 0.1) is 11.3 Å². The van der Waals surface area contributed by atoms with Gasteiger partial charge in [-0.15, -0.1) is 0 Å². The minimum Gasteiger partial charge on any atom is -0.466 e. The molecule has 7 nitrogen and oxygen atoms in total. The number of hydrogen-bond acceptors (Lipinski definition) is 5. The van der Waals surface area contributed by atoms with Gasteiger partial charge in [-0.3, -0.25) is 4.68 Å². The summed E-state index contributed by atoms with van der Waals surface area (Å²) in [5, 5.41) is 14.2. The van der Waals surface area contributed by atoms with Crippen LogP contribution in [0.1, 0.15) is 37.6 Å². The number of aromatic amines is 1. The summed E-state index contributed by atoms with van der Waals surface area (Å²) in [5.41, 5.74) is -1.32. The van der Waals surface area contributed by atoms with Gasteiger partial charge in [0.1, 0.15) is 22.8 Å². The zero-order chi connectivity index (χ0) is 27.3. The van der Waals surface area contributed by atoms with Crippen LogP contribution < -0.4 is 4.74 Å². The van der Waals surface area contributed by atoms with Gasteiger partial charge in [0.05, 0.1) is 22.5 Å². The molecular formula is C24H20F6N6O. The highest BCUT2D eigenvalue weighted by Gasteiger charge is 2.35. The third kappa shape index (κ3) is 5.09. The predicted octanol–water partition coefficient (Wildman–Crippen LogP) is 6.15. The van der Waals surface area contributed by atoms with Crippen LogP contribution in [0.25, 0.3) is 33.8 Å². The molecule has 0 saturated heterocycles. The largest absolute Gasteiger partial charge is 0.466 e. The van der Waals surface area contributed by atoms with Crippen molar-refractivity contribution in [1.82, 2.24) is 24.7 Å². The van der Waals surface area contributed by atoms with Crippen molar-refractivity contribution in [1.29, 1.82) is 5.26 Å². The molecule has 13 heteroatoms. The van der Waals surface area contributed by atoms with Gasteiger partial charge in [-0.2, -0.15) is 36.7 Å². The predicted molar refractivity (Wildman–Crippen MR) is 121 cm³/mol. The van der Waals surface area contributed by atoms with Crippen molar-refractivity contribution in [2.75, 3.05) is 6.61 Å². The Morgan fingerprint density at radius 3 is 2.32 bits per heavy atom. The van der Waals surface area contributed by atoms with Crippen LogP contribution in [0.5, 0.6) is 5.88 Å². The van der Waals surface area contributed by atoms with E-state index >= 15 is 0 Å². The Hall–Kier alpha value is -4.08. The SMILES string of the molecule is Cn1nc(C(C)(C)C)c(C#N)c1-c1nc2cc(-c3ccccc3C(F)(F)F)nc(OCC(F)(F)F)c2[nH]1. The topological polar surface area (TPSA) is 92.4 Å². The number of H-pyrrole nitrogens is 1. The average Bonchev–Trinajstić information content (AvgIpc) is 3.36. The second-order valence-electron chi connectivity index (χ2n) is 9.30. The molecule has 0 aliphatic heterocycles. The summed E-state index contributed by atoms with van der Waals surface area (Å²) < 4.78 is 86.0. The Morgan fingerprint density at radius 2 is 1.73 bits per heavy atom. The van der Waals surface area contributed by atoms with Crippen molar-refractivity contribution in [2.24, 2.45) is 7.05 Å². The first-order valence-corrected chi connectivity index (χ1v) is 10.8. The second-order valence-corrected chi connectivity index (χ2v) is 9.30. The lowest BCUT2D eigenvalue weighted by Crippen LogP contribution is -2.20. The summed E-state index contributed by atoms with van der Waals surface area (Å²) in [4.78, 5) is 11.2. The summed E-state index contributed by atoms with van der Waals surface area (Å²) in [5.74, 6) is -0.519. The van der Waals surface area contributed by atoms with E-state index < -0.39 is 35.8 Å². The van der Waals surface area contributed by atoms with Crippen LogP contribution in [0.4, 0.5) is 26.3 Å². The third-order valence-corrected chi connectivity index (χ3v) is 5.42. The highest BCUT2D eigenvalue weighted by molar-refractivity contribution is 5.87. The Bertz CT molecular complexity index is 1520. The first kappa shape index (κ1) is 26.0. The smallest absolute Gasteiger partial charge is 0.422 e. The number of aryl methyl sites for hydroxylation is 1. The molecule has 1 N–H and O–H groups in total. The van der Waals surface area contributed by atoms with Gasteiger partial charge in [0.25, 0.3) is 0 Å². The minimum atomic E-state index is -4.74. The quantitative estimate of drug-likeness (QED) is 0.325. The fraction of sp³-hybridized carbons (Fsp3) is 0.333. The lowest BCUT2D eigenvalue weighted by atomic mass is 9.89. The number of hydrogen-bond donors (Lipinski definition) is 1. The van der Waals surface area contributed by atoms with E-state index in [-0.39, 0.29) is 39.4 Å². The molecule has 0 bridgehead atoms. The number of aromatic nitrogens is 5. The number of nitriles is 1. The van der Waals surface area contributed by atoms with E-state index in [0.717, 1.165) is 12.1 Å². The first-order valence-electron chi connectivity index (χ1n) is 10.8. The molecule has 3 aromatic heterocycles. The molecule has 0 saturated carbocycles. The monoisotopic (exact) mass is 522 g/mol. The number of ether oxygens (including phenoxy) is 1. The van der Waals surface area contributed by atoms with Crippen molar-refractivity contribution < 1.29 is 31.1 Å². The van der Waals surface area contributed by atoms with Gasteiger partial charge in [-0.25, -0.2) is 9.97 Å². The van der Waals surface area contributed by atoms with Crippen molar-refractivity contribution in [3.63, 3.8) is 0 Å². The Morgan fingerprint density at radius 1 is 1.05 bits per heavy atom. The highest BCUT2D eigenvalue weighted by atomic mass is 19.4. The highest BCUT2D eigenvalue weighted by Crippen LogP contribution is 2.39. The van der Waals surface area contributed by atoms with E-state index in [9.17, 15) is 31.6 Å². The molecule has 0 unspecified atom stereocenters. The maximum atomic E-state index is 13.6. The molecule has 3 heterocycles. The zero-order valence-electron chi connectivity index (χ0n) is 20.0. The number of nitrogens with one attached hydrogen (secondary N) is 1. The molecule has 0 aliphatic carbocycles. The maximum absolute atomic E-state index is 13.6. The standard InChI is InChI=1S/C24H20F6N6O/c1-22(2,3)19-13(10-31)18(36(4)35-19)20-32-16-9-15(12-7-5-6-8-14(12)24(28,29)30)33-21(17(16)34-20)37-11-23(25,26)27/h5-9H,11H2,1-4H3,(H,32,34). The van der Waals surface area contributed by atoms with Gasteiger partial charge in [0.15, 0.2) is 12.4 Å². The summed E-state index contributed by atoms with van der Waals surface area (Å²) >= 11 is 0. The number of nitrogens with zero attached hydrogens (tertiary/aromatic N) is 5. The van der Waals surface area contributed by atoms with Crippen LogP contribution in [-0.2, 0) is 18.6 Å². The molecule has 0 atom stereocenters.